The van der Waals surface area contributed by atoms with Gasteiger partial charge in [-0.25, -0.2) is 17.6 Å². The maximum atomic E-state index is 14.2. The second-order valence-electron chi connectivity index (χ2n) is 9.89. The number of carbonyl (C=O) groups is 3. The number of alkyl halides is 3. The number of anilines is 2. The van der Waals surface area contributed by atoms with E-state index in [1.54, 1.807) is 59.9 Å². The van der Waals surface area contributed by atoms with Crippen LogP contribution in [-0.2, 0) is 15.8 Å². The molecule has 3 N–H and O–H groups in total. The Morgan fingerprint density at radius 3 is 2.02 bits per heavy atom. The van der Waals surface area contributed by atoms with Crippen LogP contribution < -0.4 is 20.7 Å². The lowest BCUT2D eigenvalue weighted by molar-refractivity contribution is -0.143. The van der Waals surface area contributed by atoms with Crippen molar-refractivity contribution in [2.45, 2.75) is 23.2 Å². The molecule has 250 valence electrons. The van der Waals surface area contributed by atoms with Crippen molar-refractivity contribution in [3.8, 4) is 5.75 Å². The molecule has 0 aliphatic rings. The minimum Gasteiger partial charge on any atom is -0.497 e. The van der Waals surface area contributed by atoms with Gasteiger partial charge in [0.15, 0.2) is 23.3 Å². The summed E-state index contributed by atoms with van der Waals surface area (Å²) in [6, 6.07) is 20.8. The highest BCUT2D eigenvalue weighted by Gasteiger charge is 2.42. The van der Waals surface area contributed by atoms with Crippen molar-refractivity contribution < 1.29 is 49.9 Å². The summed E-state index contributed by atoms with van der Waals surface area (Å²) in [5.41, 5.74) is -3.44. The monoisotopic (exact) mass is 691 g/mol. The number of methoxy groups -OCH3 is 1. The van der Waals surface area contributed by atoms with Crippen molar-refractivity contribution >= 4 is 46.9 Å². The third kappa shape index (κ3) is 8.53. The molecule has 0 bridgehead atoms. The summed E-state index contributed by atoms with van der Waals surface area (Å²) < 4.78 is 100. The molecular formula is C33H24F7N3O4S. The van der Waals surface area contributed by atoms with E-state index >= 15 is 0 Å². The number of halogens is 7. The van der Waals surface area contributed by atoms with E-state index in [0.29, 0.717) is 21.8 Å². The van der Waals surface area contributed by atoms with Crippen LogP contribution in [0.1, 0.15) is 28.4 Å². The fourth-order valence-electron chi connectivity index (χ4n) is 4.13. The first-order chi connectivity index (χ1) is 22.7. The normalized spacial score (nSPS) is 12.2. The first kappa shape index (κ1) is 35.5. The van der Waals surface area contributed by atoms with Crippen LogP contribution in [0.5, 0.6) is 5.75 Å². The second-order valence-corrected chi connectivity index (χ2v) is 11.3. The van der Waals surface area contributed by atoms with E-state index in [0.717, 1.165) is 11.8 Å². The lowest BCUT2D eigenvalue weighted by atomic mass is 10.1. The van der Waals surface area contributed by atoms with Crippen LogP contribution in [-0.4, -0.2) is 30.1 Å². The fourth-order valence-corrected chi connectivity index (χ4v) is 5.00. The Morgan fingerprint density at radius 1 is 0.812 bits per heavy atom. The first-order valence-electron chi connectivity index (χ1n) is 13.7. The van der Waals surface area contributed by atoms with Crippen molar-refractivity contribution in [1.29, 1.82) is 0 Å². The van der Waals surface area contributed by atoms with Crippen LogP contribution in [0.4, 0.5) is 42.1 Å². The van der Waals surface area contributed by atoms with Gasteiger partial charge in [-0.1, -0.05) is 30.3 Å². The largest absolute Gasteiger partial charge is 0.497 e. The van der Waals surface area contributed by atoms with Gasteiger partial charge in [-0.15, -0.1) is 11.8 Å². The van der Waals surface area contributed by atoms with Crippen LogP contribution in [0.15, 0.2) is 89.5 Å². The number of benzene rings is 4. The average molecular weight is 692 g/mol. The van der Waals surface area contributed by atoms with Gasteiger partial charge in [-0.3, -0.25) is 14.4 Å². The van der Waals surface area contributed by atoms with Crippen LogP contribution in [0.3, 0.4) is 0 Å². The molecule has 4 rings (SSSR count). The lowest BCUT2D eigenvalue weighted by Gasteiger charge is -2.16. The number of ether oxygens (including phenoxy) is 1. The molecule has 0 heterocycles. The van der Waals surface area contributed by atoms with Gasteiger partial charge in [0.25, 0.3) is 11.8 Å². The first-order valence-corrected chi connectivity index (χ1v) is 14.6. The van der Waals surface area contributed by atoms with Gasteiger partial charge in [-0.2, -0.15) is 13.2 Å². The zero-order valence-electron chi connectivity index (χ0n) is 24.8. The summed E-state index contributed by atoms with van der Waals surface area (Å²) >= 11 is 0.826. The molecule has 3 amide bonds. The van der Waals surface area contributed by atoms with Crippen molar-refractivity contribution in [3.63, 3.8) is 0 Å². The average Bonchev–Trinajstić information content (AvgIpc) is 3.06. The van der Waals surface area contributed by atoms with E-state index in [9.17, 15) is 45.1 Å². The molecule has 1 atom stereocenters. The number of thioether (sulfide) groups is 1. The van der Waals surface area contributed by atoms with Gasteiger partial charge in [0, 0.05) is 16.1 Å². The molecule has 0 saturated carbocycles. The van der Waals surface area contributed by atoms with E-state index in [2.05, 4.69) is 10.6 Å². The topological polar surface area (TPSA) is 96.5 Å². The molecule has 0 aliphatic heterocycles. The molecule has 0 aromatic heterocycles. The molecule has 15 heteroatoms. The molecule has 0 radical (unpaired) electrons. The highest BCUT2D eigenvalue weighted by atomic mass is 32.2. The molecule has 0 fully saturated rings. The van der Waals surface area contributed by atoms with Crippen LogP contribution in [0.2, 0.25) is 0 Å². The number of nitrogens with one attached hydrogen (secondary N) is 3. The van der Waals surface area contributed by atoms with E-state index in [4.69, 9.17) is 4.74 Å². The molecule has 4 aromatic rings. The zero-order chi connectivity index (χ0) is 35.2. The standard InChI is InChI=1S/C33H24F7N3O4S/c1-17(30(44)43-29-27(36)25(34)24(33(38,39)40)26(35)28(29)37)48-22-13-11-20(12-14-22)41-32(46)23(16-18-7-6-10-21(15-18)47-2)42-31(45)19-8-4-3-5-9-19/h3-17H,1-2H3,(H,41,46)(H,42,45)(H,43,44)/b23-16-. The molecule has 7 nitrogen and oxygen atoms in total. The smallest absolute Gasteiger partial charge is 0.422 e. The second kappa shape index (κ2) is 15.1. The third-order valence-corrected chi connectivity index (χ3v) is 7.63. The van der Waals surface area contributed by atoms with Crippen molar-refractivity contribution in [1.82, 2.24) is 5.32 Å². The summed E-state index contributed by atoms with van der Waals surface area (Å²) in [5.74, 6) is -12.1. The maximum absolute atomic E-state index is 14.2. The summed E-state index contributed by atoms with van der Waals surface area (Å²) in [5, 5.41) is 5.68. The van der Waals surface area contributed by atoms with Gasteiger partial charge in [0.05, 0.1) is 12.4 Å². The van der Waals surface area contributed by atoms with Crippen LogP contribution in [0, 0.1) is 23.3 Å². The number of hydrogen-bond donors (Lipinski definition) is 3. The quantitative estimate of drug-likeness (QED) is 0.0683. The minimum atomic E-state index is -5.73. The van der Waals surface area contributed by atoms with Crippen molar-refractivity contribution in [2.24, 2.45) is 0 Å². The lowest BCUT2D eigenvalue weighted by Crippen LogP contribution is -2.30. The Kier molecular flexibility index (Phi) is 11.2. The molecule has 48 heavy (non-hydrogen) atoms. The number of hydrogen-bond acceptors (Lipinski definition) is 5. The molecular weight excluding hydrogens is 667 g/mol. The maximum Gasteiger partial charge on any atom is 0.422 e. The fraction of sp³-hybridized carbons (Fsp3) is 0.121. The summed E-state index contributed by atoms with van der Waals surface area (Å²) in [6.45, 7) is 1.27. The predicted octanol–water partition coefficient (Wildman–Crippen LogP) is 7.80. The Balaban J connectivity index is 1.47. The predicted molar refractivity (Wildman–Crippen MR) is 165 cm³/mol. The SMILES string of the molecule is COc1cccc(/C=C(\NC(=O)c2ccccc2)C(=O)Nc2ccc(SC(C)C(=O)Nc3c(F)c(F)c(C(F)(F)F)c(F)c3F)cc2)c1. The van der Waals surface area contributed by atoms with Crippen LogP contribution >= 0.6 is 11.8 Å². The summed E-state index contributed by atoms with van der Waals surface area (Å²) in [7, 11) is 1.48. The zero-order valence-corrected chi connectivity index (χ0v) is 25.7. The van der Waals surface area contributed by atoms with Gasteiger partial charge in [-0.05, 0) is 67.1 Å². The highest BCUT2D eigenvalue weighted by molar-refractivity contribution is 8.00. The van der Waals surface area contributed by atoms with Gasteiger partial charge < -0.3 is 20.7 Å². The number of amides is 3. The van der Waals surface area contributed by atoms with Crippen LogP contribution in [0.25, 0.3) is 6.08 Å². The third-order valence-electron chi connectivity index (χ3n) is 6.52. The molecule has 0 saturated heterocycles. The summed E-state index contributed by atoms with van der Waals surface area (Å²) in [6.07, 6.45) is -4.28. The number of rotatable bonds is 10. The van der Waals surface area contributed by atoms with Gasteiger partial charge in [0.1, 0.15) is 22.7 Å². The molecule has 1 unspecified atom stereocenters. The Labute approximate surface area is 273 Å². The van der Waals surface area contributed by atoms with Gasteiger partial charge >= 0.3 is 6.18 Å². The van der Waals surface area contributed by atoms with E-state index < -0.39 is 63.7 Å². The van der Waals surface area contributed by atoms with Crippen molar-refractivity contribution in [2.75, 3.05) is 17.7 Å². The molecule has 4 aromatic carbocycles. The van der Waals surface area contributed by atoms with E-state index in [-0.39, 0.29) is 11.4 Å². The Hall–Kier alpha value is -5.31. The highest BCUT2D eigenvalue weighted by Crippen LogP contribution is 2.38. The number of carbonyl (C=O) groups excluding carboxylic acids is 3. The Morgan fingerprint density at radius 2 is 1.44 bits per heavy atom. The molecule has 0 aliphatic carbocycles. The minimum absolute atomic E-state index is 0.101. The van der Waals surface area contributed by atoms with E-state index in [1.807, 2.05) is 0 Å². The van der Waals surface area contributed by atoms with Crippen molar-refractivity contribution in [3.05, 3.63) is 125 Å². The summed E-state index contributed by atoms with van der Waals surface area (Å²) in [4.78, 5) is 39.1. The van der Waals surface area contributed by atoms with Gasteiger partial charge in [0.2, 0.25) is 5.91 Å². The molecule has 0 spiro atoms. The Bertz CT molecular complexity index is 1840. The van der Waals surface area contributed by atoms with E-state index in [1.165, 1.54) is 44.4 Å².